The zero-order valence-electron chi connectivity index (χ0n) is 13.8. The molecule has 2 aromatic heterocycles. The minimum atomic E-state index is 0.481. The van der Waals surface area contributed by atoms with E-state index in [1.165, 1.54) is 11.8 Å². The smallest absolute Gasteiger partial charge is 0.237 e. The molecule has 0 aliphatic rings. The third-order valence-electron chi connectivity index (χ3n) is 3.77. The Morgan fingerprint density at radius 2 is 1.81 bits per heavy atom. The van der Waals surface area contributed by atoms with Crippen molar-refractivity contribution in [2.24, 2.45) is 7.05 Å². The molecular weight excluding hydrogens is 370 g/mol. The number of nitrogens with zero attached hydrogens (tertiary/aromatic N) is 5. The number of hydrogen-bond acceptors (Lipinski definition) is 6. The van der Waals surface area contributed by atoms with Gasteiger partial charge in [-0.15, -0.1) is 10.2 Å². The highest BCUT2D eigenvalue weighted by atomic mass is 35.5. The fourth-order valence-electron chi connectivity index (χ4n) is 2.47. The Morgan fingerprint density at radius 3 is 2.62 bits per heavy atom. The highest BCUT2D eigenvalue weighted by Gasteiger charge is 2.15. The Morgan fingerprint density at radius 1 is 1.04 bits per heavy atom. The van der Waals surface area contributed by atoms with Gasteiger partial charge in [-0.3, -0.25) is 0 Å². The average molecular weight is 384 g/mol. The van der Waals surface area contributed by atoms with Crippen molar-refractivity contribution in [2.75, 3.05) is 0 Å². The van der Waals surface area contributed by atoms with E-state index >= 15 is 0 Å². The number of benzene rings is 2. The Labute approximate surface area is 159 Å². The number of rotatable bonds is 5. The maximum Gasteiger partial charge on any atom is 0.237 e. The molecule has 0 aliphatic carbocycles. The van der Waals surface area contributed by atoms with Crippen LogP contribution < -0.4 is 0 Å². The highest BCUT2D eigenvalue weighted by Crippen LogP contribution is 2.27. The topological polar surface area (TPSA) is 69.6 Å². The second-order valence-electron chi connectivity index (χ2n) is 5.51. The van der Waals surface area contributed by atoms with Crippen molar-refractivity contribution in [1.82, 2.24) is 24.9 Å². The average Bonchev–Trinajstić information content (AvgIpc) is 3.28. The number of halogens is 1. The number of hydrogen-bond donors (Lipinski definition) is 0. The summed E-state index contributed by atoms with van der Waals surface area (Å²) in [4.78, 5) is 4.41. The maximum atomic E-state index is 6.17. The van der Waals surface area contributed by atoms with Gasteiger partial charge in [0.2, 0.25) is 11.7 Å². The molecular formula is C18H14ClN5OS. The molecule has 6 nitrogen and oxygen atoms in total. The van der Waals surface area contributed by atoms with Gasteiger partial charge in [-0.1, -0.05) is 71.0 Å². The number of aromatic nitrogens is 5. The Kier molecular flexibility index (Phi) is 4.73. The third kappa shape index (κ3) is 3.36. The van der Waals surface area contributed by atoms with Gasteiger partial charge in [-0.05, 0) is 12.1 Å². The van der Waals surface area contributed by atoms with Gasteiger partial charge in [0.15, 0.2) is 11.0 Å². The van der Waals surface area contributed by atoms with Crippen LogP contribution in [-0.2, 0) is 12.8 Å². The fraction of sp³-hybridized carbons (Fsp3) is 0.111. The predicted molar refractivity (Wildman–Crippen MR) is 101 cm³/mol. The Balaban J connectivity index is 1.49. The lowest BCUT2D eigenvalue weighted by atomic mass is 10.2. The molecule has 0 saturated carbocycles. The molecule has 0 spiro atoms. The molecule has 2 heterocycles. The molecule has 130 valence electrons. The molecule has 0 radical (unpaired) electrons. The SMILES string of the molecule is Cn1c(SCc2nc(-c3ccccc3Cl)no2)nnc1-c1ccccc1. The predicted octanol–water partition coefficient (Wildman–Crippen LogP) is 4.48. The molecule has 0 saturated heterocycles. The maximum absolute atomic E-state index is 6.17. The summed E-state index contributed by atoms with van der Waals surface area (Å²) in [5.41, 5.74) is 1.77. The van der Waals surface area contributed by atoms with E-state index in [2.05, 4.69) is 20.3 Å². The van der Waals surface area contributed by atoms with E-state index in [0.29, 0.717) is 22.5 Å². The molecule has 0 aliphatic heterocycles. The minimum absolute atomic E-state index is 0.481. The fourth-order valence-corrected chi connectivity index (χ4v) is 3.44. The number of thioether (sulfide) groups is 1. The van der Waals surface area contributed by atoms with Gasteiger partial charge < -0.3 is 9.09 Å². The van der Waals surface area contributed by atoms with E-state index in [1.54, 1.807) is 6.07 Å². The highest BCUT2D eigenvalue weighted by molar-refractivity contribution is 7.98. The molecule has 8 heteroatoms. The van der Waals surface area contributed by atoms with Crippen LogP contribution in [0.15, 0.2) is 64.3 Å². The van der Waals surface area contributed by atoms with E-state index in [0.717, 1.165) is 22.1 Å². The lowest BCUT2D eigenvalue weighted by Crippen LogP contribution is -1.95. The van der Waals surface area contributed by atoms with Crippen LogP contribution in [-0.4, -0.2) is 24.9 Å². The quantitative estimate of drug-likeness (QED) is 0.473. The van der Waals surface area contributed by atoms with E-state index < -0.39 is 0 Å². The largest absolute Gasteiger partial charge is 0.338 e. The zero-order chi connectivity index (χ0) is 17.9. The first-order chi connectivity index (χ1) is 12.7. The first-order valence-corrected chi connectivity index (χ1v) is 9.24. The van der Waals surface area contributed by atoms with Gasteiger partial charge in [0, 0.05) is 18.2 Å². The summed E-state index contributed by atoms with van der Waals surface area (Å²) in [6, 6.07) is 17.3. The van der Waals surface area contributed by atoms with Crippen LogP contribution >= 0.6 is 23.4 Å². The molecule has 0 unspecified atom stereocenters. The van der Waals surface area contributed by atoms with Crippen molar-refractivity contribution in [1.29, 1.82) is 0 Å². The van der Waals surface area contributed by atoms with Crippen LogP contribution in [0.5, 0.6) is 0 Å². The van der Waals surface area contributed by atoms with Gasteiger partial charge in [0.05, 0.1) is 10.8 Å². The van der Waals surface area contributed by atoms with E-state index in [4.69, 9.17) is 16.1 Å². The van der Waals surface area contributed by atoms with E-state index in [9.17, 15) is 0 Å². The summed E-state index contributed by atoms with van der Waals surface area (Å²) >= 11 is 7.66. The molecule has 4 rings (SSSR count). The monoisotopic (exact) mass is 383 g/mol. The van der Waals surface area contributed by atoms with Gasteiger partial charge in [-0.25, -0.2) is 0 Å². The second-order valence-corrected chi connectivity index (χ2v) is 6.86. The molecule has 0 N–H and O–H groups in total. The van der Waals surface area contributed by atoms with Crippen molar-refractivity contribution >= 4 is 23.4 Å². The molecule has 0 amide bonds. The third-order valence-corrected chi connectivity index (χ3v) is 5.11. The van der Waals surface area contributed by atoms with Gasteiger partial charge in [0.25, 0.3) is 0 Å². The van der Waals surface area contributed by atoms with E-state index in [1.807, 2.05) is 60.1 Å². The zero-order valence-corrected chi connectivity index (χ0v) is 15.4. The van der Waals surface area contributed by atoms with Crippen LogP contribution in [0.4, 0.5) is 0 Å². The molecule has 0 bridgehead atoms. The summed E-state index contributed by atoms with van der Waals surface area (Å²) in [6.07, 6.45) is 0. The van der Waals surface area contributed by atoms with Crippen molar-refractivity contribution in [3.63, 3.8) is 0 Å². The second kappa shape index (κ2) is 7.31. The van der Waals surface area contributed by atoms with E-state index in [-0.39, 0.29) is 0 Å². The van der Waals surface area contributed by atoms with Gasteiger partial charge in [0.1, 0.15) is 0 Å². The summed E-state index contributed by atoms with van der Waals surface area (Å²) in [5.74, 6) is 2.30. The summed E-state index contributed by atoms with van der Waals surface area (Å²) in [6.45, 7) is 0. The van der Waals surface area contributed by atoms with Crippen LogP contribution in [0.1, 0.15) is 5.89 Å². The lowest BCUT2D eigenvalue weighted by molar-refractivity contribution is 0.391. The summed E-state index contributed by atoms with van der Waals surface area (Å²) in [5, 5.41) is 13.9. The molecule has 2 aromatic carbocycles. The summed E-state index contributed by atoms with van der Waals surface area (Å²) < 4.78 is 7.28. The van der Waals surface area contributed by atoms with Crippen molar-refractivity contribution < 1.29 is 4.52 Å². The standard InChI is InChI=1S/C18H14ClN5OS/c1-24-17(12-7-3-2-4-8-12)21-22-18(24)26-11-15-20-16(23-25-15)13-9-5-6-10-14(13)19/h2-10H,11H2,1H3. The summed E-state index contributed by atoms with van der Waals surface area (Å²) in [7, 11) is 1.94. The molecule has 0 atom stereocenters. The normalized spacial score (nSPS) is 11.0. The van der Waals surface area contributed by atoms with Crippen molar-refractivity contribution in [3.8, 4) is 22.8 Å². The molecule has 4 aromatic rings. The Bertz CT molecular complexity index is 1030. The van der Waals surface area contributed by atoms with Crippen LogP contribution in [0, 0.1) is 0 Å². The Hall–Kier alpha value is -2.64. The molecule has 26 heavy (non-hydrogen) atoms. The molecule has 0 fully saturated rings. The van der Waals surface area contributed by atoms with Crippen molar-refractivity contribution in [2.45, 2.75) is 10.9 Å². The first kappa shape index (κ1) is 16.8. The lowest BCUT2D eigenvalue weighted by Gasteiger charge is -2.02. The first-order valence-electron chi connectivity index (χ1n) is 7.87. The van der Waals surface area contributed by atoms with Crippen LogP contribution in [0.3, 0.4) is 0 Å². The van der Waals surface area contributed by atoms with Gasteiger partial charge in [-0.2, -0.15) is 4.98 Å². The van der Waals surface area contributed by atoms with Crippen LogP contribution in [0.2, 0.25) is 5.02 Å². The van der Waals surface area contributed by atoms with Gasteiger partial charge >= 0.3 is 0 Å². The van der Waals surface area contributed by atoms with Crippen molar-refractivity contribution in [3.05, 3.63) is 65.5 Å². The van der Waals surface area contributed by atoms with Crippen LogP contribution in [0.25, 0.3) is 22.8 Å². The minimum Gasteiger partial charge on any atom is -0.338 e.